The van der Waals surface area contributed by atoms with Gasteiger partial charge >= 0.3 is 5.97 Å². The molecule has 1 N–H and O–H groups in total. The van der Waals surface area contributed by atoms with E-state index in [1.807, 2.05) is 49.4 Å². The van der Waals surface area contributed by atoms with Crippen molar-refractivity contribution in [1.82, 2.24) is 10.3 Å². The zero-order chi connectivity index (χ0) is 21.8. The normalized spacial score (nSPS) is 14.7. The molecule has 1 fully saturated rings. The van der Waals surface area contributed by atoms with Gasteiger partial charge in [-0.2, -0.15) is 5.26 Å². The molecule has 6 heteroatoms. The van der Waals surface area contributed by atoms with E-state index in [4.69, 9.17) is 4.74 Å². The van der Waals surface area contributed by atoms with Gasteiger partial charge in [-0.3, -0.25) is 4.79 Å². The lowest BCUT2D eigenvalue weighted by Gasteiger charge is -2.21. The Morgan fingerprint density at radius 3 is 2.55 bits per heavy atom. The number of aryl methyl sites for hydroxylation is 1. The van der Waals surface area contributed by atoms with Crippen LogP contribution < -0.4 is 5.32 Å². The van der Waals surface area contributed by atoms with E-state index < -0.39 is 24.0 Å². The van der Waals surface area contributed by atoms with E-state index in [0.29, 0.717) is 35.0 Å². The van der Waals surface area contributed by atoms with E-state index in [-0.39, 0.29) is 0 Å². The van der Waals surface area contributed by atoms with Crippen molar-refractivity contribution in [3.8, 4) is 17.3 Å². The molecule has 156 valence electrons. The summed E-state index contributed by atoms with van der Waals surface area (Å²) in [6.45, 7) is 1.58. The van der Waals surface area contributed by atoms with Gasteiger partial charge in [0.05, 0.1) is 22.8 Å². The van der Waals surface area contributed by atoms with Crippen LogP contribution in [0.1, 0.15) is 41.6 Å². The maximum Gasteiger partial charge on any atom is 0.339 e. The van der Waals surface area contributed by atoms with Crippen LogP contribution in [0.25, 0.3) is 22.2 Å². The second kappa shape index (κ2) is 8.57. The summed E-state index contributed by atoms with van der Waals surface area (Å²) in [4.78, 5) is 29.9. The third-order valence-corrected chi connectivity index (χ3v) is 5.67. The molecule has 0 spiro atoms. The number of aromatic nitrogens is 1. The van der Waals surface area contributed by atoms with Crippen LogP contribution in [0.2, 0.25) is 0 Å². The van der Waals surface area contributed by atoms with Crippen molar-refractivity contribution in [1.29, 1.82) is 5.26 Å². The lowest BCUT2D eigenvalue weighted by Crippen LogP contribution is -2.46. The standard InChI is InChI=1S/C25H23N3O3/c1-17-8-10-18(11-9-17)22-14-20(19-6-2-3-7-21(19)27-22)24(30)31-15-23(29)28-25(16-26)12-4-5-13-25/h2-3,6-11,14H,4-5,12-13,15H2,1H3,(H,28,29). The van der Waals surface area contributed by atoms with Gasteiger partial charge in [-0.1, -0.05) is 48.0 Å². The number of carbonyl (C=O) groups excluding carboxylic acids is 2. The quantitative estimate of drug-likeness (QED) is 0.629. The molecule has 0 bridgehead atoms. The molecule has 1 saturated carbocycles. The zero-order valence-corrected chi connectivity index (χ0v) is 17.4. The molecule has 0 unspecified atom stereocenters. The second-order valence-corrected chi connectivity index (χ2v) is 7.96. The van der Waals surface area contributed by atoms with Crippen molar-refractivity contribution in [2.45, 2.75) is 38.1 Å². The Hall–Kier alpha value is -3.72. The van der Waals surface area contributed by atoms with Gasteiger partial charge in [-0.05, 0) is 44.7 Å². The smallest absolute Gasteiger partial charge is 0.339 e. The maximum atomic E-state index is 12.9. The number of nitrogens with one attached hydrogen (secondary N) is 1. The monoisotopic (exact) mass is 413 g/mol. The first kappa shape index (κ1) is 20.5. The van der Waals surface area contributed by atoms with Crippen molar-refractivity contribution in [2.24, 2.45) is 0 Å². The highest BCUT2D eigenvalue weighted by Gasteiger charge is 2.35. The average Bonchev–Trinajstić information content (AvgIpc) is 3.26. The number of pyridine rings is 1. The van der Waals surface area contributed by atoms with Gasteiger partial charge in [0.25, 0.3) is 5.91 Å². The van der Waals surface area contributed by atoms with Crippen LogP contribution in [0.3, 0.4) is 0 Å². The zero-order valence-electron chi connectivity index (χ0n) is 17.4. The van der Waals surface area contributed by atoms with E-state index in [1.165, 1.54) is 0 Å². The number of fused-ring (bicyclic) bond motifs is 1. The predicted molar refractivity (Wildman–Crippen MR) is 117 cm³/mol. The fourth-order valence-corrected chi connectivity index (χ4v) is 3.97. The van der Waals surface area contributed by atoms with Gasteiger partial charge in [0, 0.05) is 10.9 Å². The van der Waals surface area contributed by atoms with E-state index >= 15 is 0 Å². The topological polar surface area (TPSA) is 92.1 Å². The number of esters is 1. The lowest BCUT2D eigenvalue weighted by molar-refractivity contribution is -0.125. The molecule has 0 saturated heterocycles. The number of carbonyl (C=O) groups is 2. The number of hydrogen-bond donors (Lipinski definition) is 1. The number of para-hydroxylation sites is 1. The van der Waals surface area contributed by atoms with E-state index in [0.717, 1.165) is 24.0 Å². The molecule has 0 atom stereocenters. The van der Waals surface area contributed by atoms with Crippen LogP contribution in [0, 0.1) is 18.3 Å². The van der Waals surface area contributed by atoms with Gasteiger partial charge in [-0.15, -0.1) is 0 Å². The van der Waals surface area contributed by atoms with Gasteiger partial charge in [0.2, 0.25) is 0 Å². The molecule has 1 amide bonds. The Balaban J connectivity index is 1.56. The Morgan fingerprint density at radius 2 is 1.84 bits per heavy atom. The first-order valence-electron chi connectivity index (χ1n) is 10.4. The van der Waals surface area contributed by atoms with E-state index in [9.17, 15) is 14.9 Å². The van der Waals surface area contributed by atoms with Crippen LogP contribution in [0.4, 0.5) is 0 Å². The molecular formula is C25H23N3O3. The Labute approximate surface area is 180 Å². The minimum Gasteiger partial charge on any atom is -0.452 e. The molecule has 4 rings (SSSR count). The number of nitriles is 1. The van der Waals surface area contributed by atoms with Crippen molar-refractivity contribution in [2.75, 3.05) is 6.61 Å². The van der Waals surface area contributed by atoms with Crippen molar-refractivity contribution < 1.29 is 14.3 Å². The summed E-state index contributed by atoms with van der Waals surface area (Å²) in [5.41, 5.74) is 2.86. The molecule has 1 heterocycles. The summed E-state index contributed by atoms with van der Waals surface area (Å²) in [7, 11) is 0. The number of hydrogen-bond acceptors (Lipinski definition) is 5. The van der Waals surface area contributed by atoms with Crippen LogP contribution >= 0.6 is 0 Å². The minimum absolute atomic E-state index is 0.352. The summed E-state index contributed by atoms with van der Waals surface area (Å²) in [6.07, 6.45) is 3.05. The van der Waals surface area contributed by atoms with Gasteiger partial charge in [0.1, 0.15) is 5.54 Å². The van der Waals surface area contributed by atoms with Crippen LogP contribution in [0.5, 0.6) is 0 Å². The number of rotatable bonds is 5. The fraction of sp³-hybridized carbons (Fsp3) is 0.280. The van der Waals surface area contributed by atoms with Crippen LogP contribution in [-0.4, -0.2) is 29.0 Å². The fourth-order valence-electron chi connectivity index (χ4n) is 3.97. The first-order chi connectivity index (χ1) is 15.0. The van der Waals surface area contributed by atoms with Gasteiger partial charge in [-0.25, -0.2) is 9.78 Å². The average molecular weight is 413 g/mol. The molecule has 3 aromatic rings. The van der Waals surface area contributed by atoms with Gasteiger partial charge in [0.15, 0.2) is 6.61 Å². The second-order valence-electron chi connectivity index (χ2n) is 7.96. The predicted octanol–water partition coefficient (Wildman–Crippen LogP) is 4.32. The molecule has 2 aromatic carbocycles. The number of ether oxygens (including phenoxy) is 1. The minimum atomic E-state index is -0.842. The molecule has 1 aliphatic rings. The highest BCUT2D eigenvalue weighted by molar-refractivity contribution is 6.05. The maximum absolute atomic E-state index is 12.9. The molecule has 6 nitrogen and oxygen atoms in total. The summed E-state index contributed by atoms with van der Waals surface area (Å²) < 4.78 is 5.32. The lowest BCUT2D eigenvalue weighted by atomic mass is 10.00. The number of amides is 1. The van der Waals surface area contributed by atoms with Crippen LogP contribution in [-0.2, 0) is 9.53 Å². The summed E-state index contributed by atoms with van der Waals surface area (Å²) in [6, 6.07) is 19.1. The molecular weight excluding hydrogens is 390 g/mol. The molecule has 1 aliphatic carbocycles. The Bertz CT molecular complexity index is 1170. The van der Waals surface area contributed by atoms with E-state index in [1.54, 1.807) is 12.1 Å². The Morgan fingerprint density at radius 1 is 1.13 bits per heavy atom. The largest absolute Gasteiger partial charge is 0.452 e. The number of nitrogens with zero attached hydrogens (tertiary/aromatic N) is 2. The summed E-state index contributed by atoms with van der Waals surface area (Å²) >= 11 is 0. The Kier molecular flexibility index (Phi) is 5.68. The summed E-state index contributed by atoms with van der Waals surface area (Å²) in [5, 5.41) is 12.8. The molecule has 0 aliphatic heterocycles. The number of benzene rings is 2. The third kappa shape index (κ3) is 4.41. The van der Waals surface area contributed by atoms with Crippen molar-refractivity contribution in [3.63, 3.8) is 0 Å². The molecule has 0 radical (unpaired) electrons. The summed E-state index contributed by atoms with van der Waals surface area (Å²) in [5.74, 6) is -1.06. The van der Waals surface area contributed by atoms with Gasteiger partial charge < -0.3 is 10.1 Å². The first-order valence-corrected chi connectivity index (χ1v) is 10.4. The molecule has 31 heavy (non-hydrogen) atoms. The highest BCUT2D eigenvalue weighted by Crippen LogP contribution is 2.29. The van der Waals surface area contributed by atoms with E-state index in [2.05, 4.69) is 16.4 Å². The highest BCUT2D eigenvalue weighted by atomic mass is 16.5. The SMILES string of the molecule is Cc1ccc(-c2cc(C(=O)OCC(=O)NC3(C#N)CCCC3)c3ccccc3n2)cc1. The van der Waals surface area contributed by atoms with Crippen molar-refractivity contribution >= 4 is 22.8 Å². The third-order valence-electron chi connectivity index (χ3n) is 5.67. The van der Waals surface area contributed by atoms with Crippen LogP contribution in [0.15, 0.2) is 54.6 Å². The van der Waals surface area contributed by atoms with Crippen molar-refractivity contribution in [3.05, 3.63) is 65.7 Å². The molecule has 1 aromatic heterocycles.